The molecule has 16 heavy (non-hydrogen) atoms. The minimum atomic E-state index is 0.407. The highest BCUT2D eigenvalue weighted by Crippen LogP contribution is 2.31. The zero-order valence-electron chi connectivity index (χ0n) is 9.25. The Morgan fingerprint density at radius 1 is 1.56 bits per heavy atom. The number of hydrogen-bond donors (Lipinski definition) is 0. The highest BCUT2D eigenvalue weighted by molar-refractivity contribution is 9.08. The van der Waals surface area contributed by atoms with Crippen LogP contribution in [0.5, 0.6) is 0 Å². The first-order valence-electron chi connectivity index (χ1n) is 5.41. The Bertz CT molecular complexity index is 372. The van der Waals surface area contributed by atoms with Gasteiger partial charge in [0.1, 0.15) is 0 Å². The molecule has 1 aliphatic rings. The zero-order chi connectivity index (χ0) is 11.5. The molecule has 0 aliphatic carbocycles. The number of nitrogens with zero attached hydrogens (tertiary/aromatic N) is 1. The Kier molecular flexibility index (Phi) is 4.11. The summed E-state index contributed by atoms with van der Waals surface area (Å²) in [6, 6.07) is 6.48. The number of morpholine rings is 1. The second kappa shape index (κ2) is 5.39. The number of alkyl halides is 1. The lowest BCUT2D eigenvalue weighted by Gasteiger charge is -2.36. The van der Waals surface area contributed by atoms with Gasteiger partial charge in [-0.15, -0.1) is 0 Å². The van der Waals surface area contributed by atoms with Gasteiger partial charge in [0.05, 0.1) is 13.2 Å². The summed E-state index contributed by atoms with van der Waals surface area (Å²) in [4.78, 5) is 2.37. The van der Waals surface area contributed by atoms with Gasteiger partial charge in [0, 0.05) is 34.2 Å². The molecule has 0 spiro atoms. The van der Waals surface area contributed by atoms with Gasteiger partial charge in [-0.1, -0.05) is 33.6 Å². The fraction of sp³-hybridized carbons (Fsp3) is 0.500. The van der Waals surface area contributed by atoms with Crippen molar-refractivity contribution in [2.45, 2.75) is 18.3 Å². The maximum Gasteiger partial charge on any atom is 0.0668 e. The van der Waals surface area contributed by atoms with E-state index in [1.807, 2.05) is 12.1 Å². The van der Waals surface area contributed by atoms with Crippen molar-refractivity contribution in [3.05, 3.63) is 28.8 Å². The maximum atomic E-state index is 6.21. The summed E-state index contributed by atoms with van der Waals surface area (Å²) >= 11 is 9.71. The predicted octanol–water partition coefficient (Wildman–Crippen LogP) is 3.46. The number of ether oxygens (including phenoxy) is 1. The van der Waals surface area contributed by atoms with Crippen LogP contribution in [0.2, 0.25) is 5.02 Å². The van der Waals surface area contributed by atoms with Crippen LogP contribution in [-0.4, -0.2) is 25.8 Å². The maximum absolute atomic E-state index is 6.21. The number of halogens is 2. The molecule has 2 nitrogen and oxygen atoms in total. The minimum Gasteiger partial charge on any atom is -0.377 e. The smallest absolute Gasteiger partial charge is 0.0668 e. The van der Waals surface area contributed by atoms with Crippen LogP contribution in [0.4, 0.5) is 5.69 Å². The quantitative estimate of drug-likeness (QED) is 0.776. The van der Waals surface area contributed by atoms with Crippen LogP contribution >= 0.6 is 27.5 Å². The average molecular weight is 305 g/mol. The summed E-state index contributed by atoms with van der Waals surface area (Å²) in [5.41, 5.74) is 2.39. The molecule has 1 aliphatic heterocycles. The highest BCUT2D eigenvalue weighted by atomic mass is 79.9. The first-order valence-corrected chi connectivity index (χ1v) is 6.91. The van der Waals surface area contributed by atoms with E-state index in [-0.39, 0.29) is 0 Å². The van der Waals surface area contributed by atoms with Gasteiger partial charge in [0.2, 0.25) is 0 Å². The van der Waals surface area contributed by atoms with Crippen molar-refractivity contribution in [3.8, 4) is 0 Å². The summed E-state index contributed by atoms with van der Waals surface area (Å²) in [7, 11) is 0. The van der Waals surface area contributed by atoms with Gasteiger partial charge in [0.15, 0.2) is 0 Å². The minimum absolute atomic E-state index is 0.407. The molecule has 4 heteroatoms. The van der Waals surface area contributed by atoms with Crippen LogP contribution < -0.4 is 4.90 Å². The Morgan fingerprint density at radius 2 is 2.38 bits per heavy atom. The van der Waals surface area contributed by atoms with Crippen molar-refractivity contribution < 1.29 is 4.74 Å². The van der Waals surface area contributed by atoms with Crippen molar-refractivity contribution in [2.24, 2.45) is 0 Å². The van der Waals surface area contributed by atoms with E-state index >= 15 is 0 Å². The van der Waals surface area contributed by atoms with E-state index in [1.54, 1.807) is 0 Å². The van der Waals surface area contributed by atoms with Gasteiger partial charge in [-0.25, -0.2) is 0 Å². The van der Waals surface area contributed by atoms with Gasteiger partial charge in [-0.3, -0.25) is 0 Å². The topological polar surface area (TPSA) is 12.5 Å². The fourth-order valence-corrected chi connectivity index (χ4v) is 3.02. The van der Waals surface area contributed by atoms with Crippen molar-refractivity contribution in [3.63, 3.8) is 0 Å². The lowest BCUT2D eigenvalue weighted by atomic mass is 10.1. The van der Waals surface area contributed by atoms with Crippen molar-refractivity contribution in [1.29, 1.82) is 0 Å². The van der Waals surface area contributed by atoms with E-state index in [1.165, 1.54) is 5.69 Å². The number of anilines is 1. The van der Waals surface area contributed by atoms with Crippen LogP contribution in [0.15, 0.2) is 18.2 Å². The van der Waals surface area contributed by atoms with Crippen molar-refractivity contribution >= 4 is 33.2 Å². The van der Waals surface area contributed by atoms with Gasteiger partial charge >= 0.3 is 0 Å². The SMILES string of the molecule is CC1COCCN1c1cccc(Cl)c1CBr. The standard InChI is InChI=1S/C12H15BrClNO/c1-9-8-16-6-5-15(9)12-4-2-3-11(14)10(12)7-13/h2-4,9H,5-8H2,1H3. The summed E-state index contributed by atoms with van der Waals surface area (Å²) < 4.78 is 5.45. The third-order valence-corrected chi connectivity index (χ3v) is 3.82. The number of benzene rings is 1. The molecule has 1 fully saturated rings. The second-order valence-electron chi connectivity index (χ2n) is 3.99. The molecular weight excluding hydrogens is 289 g/mol. The van der Waals surface area contributed by atoms with E-state index in [9.17, 15) is 0 Å². The lowest BCUT2D eigenvalue weighted by Crippen LogP contribution is -2.44. The molecule has 0 amide bonds. The molecule has 1 heterocycles. The second-order valence-corrected chi connectivity index (χ2v) is 4.96. The number of hydrogen-bond acceptors (Lipinski definition) is 2. The van der Waals surface area contributed by atoms with Gasteiger partial charge in [-0.2, -0.15) is 0 Å². The number of rotatable bonds is 2. The van der Waals surface area contributed by atoms with Crippen LogP contribution in [0.3, 0.4) is 0 Å². The van der Waals surface area contributed by atoms with E-state index < -0.39 is 0 Å². The third kappa shape index (κ3) is 2.36. The molecular formula is C12H15BrClNO. The van der Waals surface area contributed by atoms with Gasteiger partial charge in [0.25, 0.3) is 0 Å². The van der Waals surface area contributed by atoms with Crippen LogP contribution in [-0.2, 0) is 10.1 Å². The van der Waals surface area contributed by atoms with Crippen LogP contribution in [0, 0.1) is 0 Å². The molecule has 0 radical (unpaired) electrons. The summed E-state index contributed by atoms with van der Waals surface area (Å²) in [6.07, 6.45) is 0. The van der Waals surface area contributed by atoms with Gasteiger partial charge < -0.3 is 9.64 Å². The van der Waals surface area contributed by atoms with Crippen molar-refractivity contribution in [2.75, 3.05) is 24.7 Å². The monoisotopic (exact) mass is 303 g/mol. The summed E-state index contributed by atoms with van der Waals surface area (Å²) in [5.74, 6) is 0. The Labute approximate surface area is 110 Å². The molecule has 1 aromatic rings. The molecule has 88 valence electrons. The zero-order valence-corrected chi connectivity index (χ0v) is 11.6. The molecule has 1 unspecified atom stereocenters. The highest BCUT2D eigenvalue weighted by Gasteiger charge is 2.21. The van der Waals surface area contributed by atoms with Gasteiger partial charge in [-0.05, 0) is 19.1 Å². The van der Waals surface area contributed by atoms with Crippen LogP contribution in [0.1, 0.15) is 12.5 Å². The Hall–Kier alpha value is -0.250. The summed E-state index contributed by atoms with van der Waals surface area (Å²) in [6.45, 7) is 4.69. The fourth-order valence-electron chi connectivity index (χ4n) is 2.03. The Balaban J connectivity index is 2.34. The Morgan fingerprint density at radius 3 is 3.06 bits per heavy atom. The first kappa shape index (κ1) is 12.2. The van der Waals surface area contributed by atoms with E-state index in [0.29, 0.717) is 6.04 Å². The van der Waals surface area contributed by atoms with Crippen molar-refractivity contribution in [1.82, 2.24) is 0 Å². The largest absolute Gasteiger partial charge is 0.377 e. The van der Waals surface area contributed by atoms with E-state index in [0.717, 1.165) is 35.7 Å². The van der Waals surface area contributed by atoms with E-state index in [4.69, 9.17) is 16.3 Å². The molecule has 1 atom stereocenters. The molecule has 2 rings (SSSR count). The third-order valence-electron chi connectivity index (χ3n) is 2.90. The summed E-state index contributed by atoms with van der Waals surface area (Å²) in [5, 5.41) is 1.61. The molecule has 0 bridgehead atoms. The molecule has 0 aromatic heterocycles. The molecule has 0 N–H and O–H groups in total. The average Bonchev–Trinajstić information content (AvgIpc) is 2.29. The normalized spacial score (nSPS) is 21.2. The predicted molar refractivity (Wildman–Crippen MR) is 71.7 cm³/mol. The van der Waals surface area contributed by atoms with Crippen LogP contribution in [0.25, 0.3) is 0 Å². The molecule has 1 saturated heterocycles. The lowest BCUT2D eigenvalue weighted by molar-refractivity contribution is 0.0989. The molecule has 0 saturated carbocycles. The molecule has 1 aromatic carbocycles. The first-order chi connectivity index (χ1) is 7.74. The van der Waals surface area contributed by atoms with E-state index in [2.05, 4.69) is 33.8 Å².